The van der Waals surface area contributed by atoms with Gasteiger partial charge in [-0.05, 0) is 29.5 Å². The second-order valence-corrected chi connectivity index (χ2v) is 7.12. The van der Waals surface area contributed by atoms with Crippen molar-refractivity contribution in [2.75, 3.05) is 5.32 Å². The number of ketones is 1. The first-order valence-electron chi connectivity index (χ1n) is 6.85. The summed E-state index contributed by atoms with van der Waals surface area (Å²) in [5.74, 6) is 0.931. The van der Waals surface area contributed by atoms with Gasteiger partial charge >= 0.3 is 0 Å². The molecule has 2 aromatic rings. The van der Waals surface area contributed by atoms with Crippen molar-refractivity contribution >= 4 is 22.1 Å². The zero-order valence-corrected chi connectivity index (χ0v) is 12.8. The highest BCUT2D eigenvalue weighted by molar-refractivity contribution is 7.17. The van der Waals surface area contributed by atoms with Crippen LogP contribution < -0.4 is 5.32 Å². The van der Waals surface area contributed by atoms with Crippen molar-refractivity contribution in [2.45, 2.75) is 33.2 Å². The number of furan rings is 1. The zero-order chi connectivity index (χ0) is 15.0. The van der Waals surface area contributed by atoms with Gasteiger partial charge in [-0.3, -0.25) is 4.79 Å². The number of hydrogen-bond donors (Lipinski definition) is 1. The molecule has 2 aromatic heterocycles. The van der Waals surface area contributed by atoms with Crippen LogP contribution in [0.15, 0.2) is 22.8 Å². The van der Waals surface area contributed by atoms with E-state index in [1.807, 2.05) is 12.1 Å². The number of nitriles is 1. The van der Waals surface area contributed by atoms with Crippen LogP contribution in [0.5, 0.6) is 0 Å². The molecule has 0 aromatic carbocycles. The molecule has 108 valence electrons. The van der Waals surface area contributed by atoms with Crippen molar-refractivity contribution in [3.8, 4) is 6.07 Å². The molecule has 3 rings (SSSR count). The van der Waals surface area contributed by atoms with Crippen molar-refractivity contribution < 1.29 is 9.21 Å². The van der Waals surface area contributed by atoms with Gasteiger partial charge in [0.25, 0.3) is 0 Å². The summed E-state index contributed by atoms with van der Waals surface area (Å²) in [7, 11) is 0. The van der Waals surface area contributed by atoms with Crippen LogP contribution in [-0.4, -0.2) is 5.78 Å². The molecule has 0 atom stereocenters. The van der Waals surface area contributed by atoms with E-state index in [0.717, 1.165) is 22.7 Å². The smallest absolute Gasteiger partial charge is 0.166 e. The Morgan fingerprint density at radius 2 is 2.29 bits per heavy atom. The first-order chi connectivity index (χ1) is 10.00. The fourth-order valence-corrected chi connectivity index (χ4v) is 3.82. The maximum absolute atomic E-state index is 12.4. The second-order valence-electron chi connectivity index (χ2n) is 6.10. The minimum absolute atomic E-state index is 0.0744. The van der Waals surface area contributed by atoms with E-state index in [2.05, 4.69) is 25.2 Å². The predicted octanol–water partition coefficient (Wildman–Crippen LogP) is 3.98. The van der Waals surface area contributed by atoms with Crippen LogP contribution >= 0.6 is 11.3 Å². The van der Waals surface area contributed by atoms with Crippen LogP contribution in [0.4, 0.5) is 5.00 Å². The Hall–Kier alpha value is -2.06. The van der Waals surface area contributed by atoms with Gasteiger partial charge in [0.1, 0.15) is 21.7 Å². The van der Waals surface area contributed by atoms with Gasteiger partial charge in [0.15, 0.2) is 5.78 Å². The Balaban J connectivity index is 1.94. The molecule has 21 heavy (non-hydrogen) atoms. The Morgan fingerprint density at radius 1 is 1.48 bits per heavy atom. The SMILES string of the molecule is CC1(C)CC(=O)c2c(NCc3ccco3)sc(C#N)c2C1. The van der Waals surface area contributed by atoms with Gasteiger partial charge < -0.3 is 9.73 Å². The molecule has 4 nitrogen and oxygen atoms in total. The number of Topliss-reactive ketones (excluding diaryl/α,β-unsaturated/α-hetero) is 1. The minimum Gasteiger partial charge on any atom is -0.467 e. The molecule has 0 aliphatic heterocycles. The van der Waals surface area contributed by atoms with Gasteiger partial charge in [-0.2, -0.15) is 5.26 Å². The molecule has 0 bridgehead atoms. The normalized spacial score (nSPS) is 16.3. The van der Waals surface area contributed by atoms with Crippen LogP contribution in [0.2, 0.25) is 0 Å². The molecule has 1 aliphatic carbocycles. The Labute approximate surface area is 127 Å². The summed E-state index contributed by atoms with van der Waals surface area (Å²) in [4.78, 5) is 13.1. The third-order valence-electron chi connectivity index (χ3n) is 3.69. The number of nitrogens with one attached hydrogen (secondary N) is 1. The lowest BCUT2D eigenvalue weighted by atomic mass is 9.74. The summed E-state index contributed by atoms with van der Waals surface area (Å²) < 4.78 is 5.28. The fourth-order valence-electron chi connectivity index (χ4n) is 2.79. The molecule has 0 saturated carbocycles. The van der Waals surface area contributed by atoms with E-state index < -0.39 is 0 Å². The fraction of sp³-hybridized carbons (Fsp3) is 0.375. The zero-order valence-electron chi connectivity index (χ0n) is 12.0. The van der Waals surface area contributed by atoms with E-state index in [-0.39, 0.29) is 11.2 Å². The van der Waals surface area contributed by atoms with Crippen molar-refractivity contribution in [3.05, 3.63) is 40.2 Å². The molecule has 0 saturated heterocycles. The third kappa shape index (κ3) is 2.59. The number of rotatable bonds is 3. The largest absolute Gasteiger partial charge is 0.467 e. The van der Waals surface area contributed by atoms with E-state index in [1.54, 1.807) is 6.26 Å². The van der Waals surface area contributed by atoms with Gasteiger partial charge in [-0.15, -0.1) is 11.3 Å². The second kappa shape index (κ2) is 5.05. The number of hydrogen-bond acceptors (Lipinski definition) is 5. The first kappa shape index (κ1) is 13.9. The molecule has 0 spiro atoms. The van der Waals surface area contributed by atoms with Crippen molar-refractivity contribution in [1.82, 2.24) is 0 Å². The molecule has 1 aliphatic rings. The molecule has 1 N–H and O–H groups in total. The summed E-state index contributed by atoms with van der Waals surface area (Å²) in [6, 6.07) is 5.94. The average molecular weight is 300 g/mol. The van der Waals surface area contributed by atoms with E-state index in [1.165, 1.54) is 11.3 Å². The number of fused-ring (bicyclic) bond motifs is 1. The van der Waals surface area contributed by atoms with Crippen LogP contribution in [0.3, 0.4) is 0 Å². The average Bonchev–Trinajstić information content (AvgIpc) is 3.01. The van der Waals surface area contributed by atoms with Crippen molar-refractivity contribution in [1.29, 1.82) is 5.26 Å². The summed E-state index contributed by atoms with van der Waals surface area (Å²) in [5, 5.41) is 13.3. The van der Waals surface area contributed by atoms with Gasteiger partial charge in [0.05, 0.1) is 18.4 Å². The standard InChI is InChI=1S/C16H16N2O2S/c1-16(2)6-11-13(8-17)21-15(14(11)12(19)7-16)18-9-10-4-3-5-20-10/h3-5,18H,6-7,9H2,1-2H3. The molecule has 0 unspecified atom stereocenters. The van der Waals surface area contributed by atoms with Gasteiger partial charge in [-0.25, -0.2) is 0 Å². The topological polar surface area (TPSA) is 66.0 Å². The lowest BCUT2D eigenvalue weighted by Crippen LogP contribution is -2.27. The summed E-state index contributed by atoms with van der Waals surface area (Å²) >= 11 is 1.37. The van der Waals surface area contributed by atoms with E-state index >= 15 is 0 Å². The molecular formula is C16H16N2O2S. The molecule has 5 heteroatoms. The monoisotopic (exact) mass is 300 g/mol. The molecule has 0 fully saturated rings. The number of nitrogens with zero attached hydrogens (tertiary/aromatic N) is 1. The quantitative estimate of drug-likeness (QED) is 0.931. The van der Waals surface area contributed by atoms with E-state index in [0.29, 0.717) is 23.4 Å². The van der Waals surface area contributed by atoms with Gasteiger partial charge in [0, 0.05) is 6.42 Å². The van der Waals surface area contributed by atoms with E-state index in [9.17, 15) is 10.1 Å². The summed E-state index contributed by atoms with van der Waals surface area (Å²) in [5.41, 5.74) is 1.54. The first-order valence-corrected chi connectivity index (χ1v) is 7.67. The lowest BCUT2D eigenvalue weighted by Gasteiger charge is -2.29. The van der Waals surface area contributed by atoms with Gasteiger partial charge in [0.2, 0.25) is 0 Å². The van der Waals surface area contributed by atoms with Crippen LogP contribution in [0.25, 0.3) is 0 Å². The number of carbonyl (C=O) groups excluding carboxylic acids is 1. The van der Waals surface area contributed by atoms with Crippen molar-refractivity contribution in [3.63, 3.8) is 0 Å². The number of thiophene rings is 1. The van der Waals surface area contributed by atoms with Crippen LogP contribution in [0, 0.1) is 16.7 Å². The van der Waals surface area contributed by atoms with Crippen LogP contribution in [-0.2, 0) is 13.0 Å². The van der Waals surface area contributed by atoms with E-state index in [4.69, 9.17) is 4.42 Å². The Kier molecular flexibility index (Phi) is 3.34. The highest BCUT2D eigenvalue weighted by atomic mass is 32.1. The third-order valence-corrected chi connectivity index (χ3v) is 4.78. The highest BCUT2D eigenvalue weighted by Crippen LogP contribution is 2.43. The highest BCUT2D eigenvalue weighted by Gasteiger charge is 2.36. The number of anilines is 1. The molecular weight excluding hydrogens is 284 g/mol. The van der Waals surface area contributed by atoms with Gasteiger partial charge in [-0.1, -0.05) is 13.8 Å². The minimum atomic E-state index is -0.0744. The predicted molar refractivity (Wildman–Crippen MR) is 81.5 cm³/mol. The van der Waals surface area contributed by atoms with Crippen molar-refractivity contribution in [2.24, 2.45) is 5.41 Å². The Morgan fingerprint density at radius 3 is 2.95 bits per heavy atom. The Bertz CT molecular complexity index is 720. The maximum atomic E-state index is 12.4. The van der Waals surface area contributed by atoms with Crippen LogP contribution in [0.1, 0.15) is 46.8 Å². The summed E-state index contributed by atoms with van der Waals surface area (Å²) in [6.07, 6.45) is 2.92. The lowest BCUT2D eigenvalue weighted by molar-refractivity contribution is 0.0914. The molecule has 2 heterocycles. The summed E-state index contributed by atoms with van der Waals surface area (Å²) in [6.45, 7) is 4.66. The molecule has 0 radical (unpaired) electrons. The molecule has 0 amide bonds. The number of carbonyl (C=O) groups is 1. The maximum Gasteiger partial charge on any atom is 0.166 e.